The highest BCUT2D eigenvalue weighted by molar-refractivity contribution is 6.24. The van der Waals surface area contributed by atoms with Gasteiger partial charge in [0.05, 0.1) is 27.3 Å². The molecule has 0 radical (unpaired) electrons. The molecular formula is C23H16N4O7. The largest absolute Gasteiger partial charge is 0.273 e. The van der Waals surface area contributed by atoms with Crippen LogP contribution in [0.4, 0.5) is 22.7 Å². The van der Waals surface area contributed by atoms with E-state index < -0.39 is 39.7 Å². The van der Waals surface area contributed by atoms with Gasteiger partial charge in [-0.15, -0.1) is 0 Å². The zero-order valence-corrected chi connectivity index (χ0v) is 17.4. The number of anilines is 2. The number of carbonyl (C=O) groups is 2. The van der Waals surface area contributed by atoms with Gasteiger partial charge in [-0.1, -0.05) is 30.3 Å². The van der Waals surface area contributed by atoms with Gasteiger partial charge in [0, 0.05) is 24.3 Å². The maximum Gasteiger partial charge on any atom is 0.269 e. The summed E-state index contributed by atoms with van der Waals surface area (Å²) in [6, 6.07) is 18.9. The molecule has 11 nitrogen and oxygen atoms in total. The van der Waals surface area contributed by atoms with Crippen LogP contribution >= 0.6 is 0 Å². The average molecular weight is 460 g/mol. The molecule has 0 bridgehead atoms. The molecule has 0 saturated carbocycles. The Labute approximate surface area is 192 Å². The maximum atomic E-state index is 13.5. The van der Waals surface area contributed by atoms with Gasteiger partial charge < -0.3 is 0 Å². The number of hydroxylamine groups is 1. The molecule has 34 heavy (non-hydrogen) atoms. The van der Waals surface area contributed by atoms with E-state index in [1.54, 1.807) is 36.4 Å². The van der Waals surface area contributed by atoms with E-state index in [1.165, 1.54) is 47.5 Å². The Kier molecular flexibility index (Phi) is 5.02. The fraction of sp³-hybridized carbons (Fsp3) is 0.130. The summed E-state index contributed by atoms with van der Waals surface area (Å²) in [7, 11) is 0. The molecule has 2 amide bonds. The van der Waals surface area contributed by atoms with Gasteiger partial charge >= 0.3 is 0 Å². The molecule has 2 saturated heterocycles. The standard InChI is InChI=1S/C23H16N4O7/c28-22-19-20(14-5-4-8-18(13-14)27(32)33)25(16-6-2-1-3-7-16)34-21(19)23(29)24(22)15-9-11-17(12-10-15)26(30)31/h1-13,19-21H/t19-,20-,21+/m1/s1. The predicted octanol–water partition coefficient (Wildman–Crippen LogP) is 3.55. The number of nitro groups is 2. The van der Waals surface area contributed by atoms with E-state index in [0.29, 0.717) is 11.3 Å². The third-order valence-electron chi connectivity index (χ3n) is 5.87. The maximum absolute atomic E-state index is 13.5. The number of nitrogens with zero attached hydrogens (tertiary/aromatic N) is 4. The number of fused-ring (bicyclic) bond motifs is 1. The number of amides is 2. The minimum absolute atomic E-state index is 0.155. The number of carbonyl (C=O) groups excluding carboxylic acids is 2. The molecule has 3 aromatic rings. The molecule has 0 aromatic heterocycles. The highest BCUT2D eigenvalue weighted by atomic mass is 16.7. The van der Waals surface area contributed by atoms with Crippen molar-refractivity contribution in [3.8, 4) is 0 Å². The molecule has 11 heteroatoms. The predicted molar refractivity (Wildman–Crippen MR) is 119 cm³/mol. The van der Waals surface area contributed by atoms with Crippen molar-refractivity contribution in [2.75, 3.05) is 9.96 Å². The number of hydrogen-bond acceptors (Lipinski definition) is 8. The minimum atomic E-state index is -1.16. The van der Waals surface area contributed by atoms with Crippen LogP contribution in [0.25, 0.3) is 0 Å². The summed E-state index contributed by atoms with van der Waals surface area (Å²) < 4.78 is 0. The van der Waals surface area contributed by atoms with Crippen LogP contribution in [0.3, 0.4) is 0 Å². The second kappa shape index (κ2) is 8.05. The number of imide groups is 1. The highest BCUT2D eigenvalue weighted by Crippen LogP contribution is 2.48. The van der Waals surface area contributed by atoms with Gasteiger partial charge in [0.25, 0.3) is 17.3 Å². The lowest BCUT2D eigenvalue weighted by Crippen LogP contribution is -2.37. The number of rotatable bonds is 5. The Bertz CT molecular complexity index is 1310. The van der Waals surface area contributed by atoms with E-state index in [1.807, 2.05) is 0 Å². The number of nitro benzene ring substituents is 2. The fourth-order valence-corrected chi connectivity index (χ4v) is 4.35. The first-order valence-electron chi connectivity index (χ1n) is 10.2. The second-order valence-electron chi connectivity index (χ2n) is 7.80. The quantitative estimate of drug-likeness (QED) is 0.320. The van der Waals surface area contributed by atoms with E-state index in [9.17, 15) is 29.8 Å². The van der Waals surface area contributed by atoms with Gasteiger partial charge in [-0.3, -0.25) is 34.7 Å². The lowest BCUT2D eigenvalue weighted by Gasteiger charge is -2.28. The lowest BCUT2D eigenvalue weighted by atomic mass is 9.90. The molecule has 2 heterocycles. The first kappa shape index (κ1) is 21.2. The molecule has 5 rings (SSSR count). The average Bonchev–Trinajstić information content (AvgIpc) is 3.35. The van der Waals surface area contributed by atoms with E-state index in [-0.39, 0.29) is 17.1 Å². The molecule has 2 fully saturated rings. The number of hydrogen-bond donors (Lipinski definition) is 0. The zero-order valence-electron chi connectivity index (χ0n) is 17.4. The van der Waals surface area contributed by atoms with E-state index in [0.717, 1.165) is 4.90 Å². The van der Waals surface area contributed by atoms with Crippen molar-refractivity contribution in [3.05, 3.63) is 105 Å². The van der Waals surface area contributed by atoms with Crippen LogP contribution < -0.4 is 9.96 Å². The number of benzene rings is 3. The zero-order chi connectivity index (χ0) is 24.0. The van der Waals surface area contributed by atoms with Gasteiger partial charge in [0.1, 0.15) is 5.92 Å². The summed E-state index contributed by atoms with van der Waals surface area (Å²) >= 11 is 0. The summed E-state index contributed by atoms with van der Waals surface area (Å²) in [6.45, 7) is 0. The molecule has 0 spiro atoms. The molecule has 3 atom stereocenters. The van der Waals surface area contributed by atoms with E-state index in [2.05, 4.69) is 0 Å². The smallest absolute Gasteiger partial charge is 0.269 e. The van der Waals surface area contributed by atoms with Crippen LogP contribution in [0.2, 0.25) is 0 Å². The summed E-state index contributed by atoms with van der Waals surface area (Å²) in [5.74, 6) is -2.15. The van der Waals surface area contributed by atoms with Crippen molar-refractivity contribution in [2.24, 2.45) is 5.92 Å². The van der Waals surface area contributed by atoms with Crippen molar-refractivity contribution in [1.82, 2.24) is 0 Å². The monoisotopic (exact) mass is 460 g/mol. The van der Waals surface area contributed by atoms with Gasteiger partial charge in [0.2, 0.25) is 5.91 Å². The van der Waals surface area contributed by atoms with Gasteiger partial charge in [-0.25, -0.2) is 9.96 Å². The third kappa shape index (κ3) is 3.35. The highest BCUT2D eigenvalue weighted by Gasteiger charge is 2.60. The van der Waals surface area contributed by atoms with Crippen LogP contribution in [0.15, 0.2) is 78.9 Å². The third-order valence-corrected chi connectivity index (χ3v) is 5.87. The molecular weight excluding hydrogens is 444 g/mol. The van der Waals surface area contributed by atoms with Crippen LogP contribution in [0.5, 0.6) is 0 Å². The summed E-state index contributed by atoms with van der Waals surface area (Å²) in [6.07, 6.45) is -1.16. The summed E-state index contributed by atoms with van der Waals surface area (Å²) in [5, 5.41) is 23.8. The van der Waals surface area contributed by atoms with Crippen molar-refractivity contribution >= 4 is 34.6 Å². The van der Waals surface area contributed by atoms with Crippen molar-refractivity contribution in [2.45, 2.75) is 12.1 Å². The molecule has 170 valence electrons. The van der Waals surface area contributed by atoms with Crippen LogP contribution in [-0.4, -0.2) is 27.8 Å². The number of para-hydroxylation sites is 1. The van der Waals surface area contributed by atoms with Crippen LogP contribution in [-0.2, 0) is 14.4 Å². The summed E-state index contributed by atoms with van der Waals surface area (Å²) in [4.78, 5) is 54.9. The Morgan fingerprint density at radius 1 is 0.735 bits per heavy atom. The lowest BCUT2D eigenvalue weighted by molar-refractivity contribution is -0.385. The first-order valence-corrected chi connectivity index (χ1v) is 10.2. The van der Waals surface area contributed by atoms with Gasteiger partial charge in [-0.05, 0) is 29.8 Å². The second-order valence-corrected chi connectivity index (χ2v) is 7.80. The Balaban J connectivity index is 1.57. The van der Waals surface area contributed by atoms with Crippen molar-refractivity contribution < 1.29 is 24.3 Å². The molecule has 2 aliphatic heterocycles. The Morgan fingerprint density at radius 2 is 1.41 bits per heavy atom. The Morgan fingerprint density at radius 3 is 2.06 bits per heavy atom. The summed E-state index contributed by atoms with van der Waals surface area (Å²) in [5.41, 5.74) is 0.873. The van der Waals surface area contributed by atoms with Gasteiger partial charge in [-0.2, -0.15) is 0 Å². The normalized spacial score (nSPS) is 21.6. The van der Waals surface area contributed by atoms with Crippen LogP contribution in [0, 0.1) is 26.1 Å². The SMILES string of the molecule is O=C1[C@H]2[C@H](ON(c3ccccc3)[C@@H]2c2cccc([N+](=O)[O-])c2)C(=O)N1c1ccc([N+](=O)[O-])cc1. The van der Waals surface area contributed by atoms with E-state index in [4.69, 9.17) is 4.84 Å². The minimum Gasteiger partial charge on any atom is -0.273 e. The van der Waals surface area contributed by atoms with E-state index >= 15 is 0 Å². The molecule has 0 unspecified atom stereocenters. The number of non-ortho nitro benzene ring substituents is 2. The van der Waals surface area contributed by atoms with Crippen molar-refractivity contribution in [3.63, 3.8) is 0 Å². The Hall–Kier alpha value is -4.64. The molecule has 0 N–H and O–H groups in total. The topological polar surface area (TPSA) is 136 Å². The molecule has 2 aliphatic rings. The first-order chi connectivity index (χ1) is 16.4. The van der Waals surface area contributed by atoms with Crippen molar-refractivity contribution in [1.29, 1.82) is 0 Å². The van der Waals surface area contributed by atoms with Gasteiger partial charge in [0.15, 0.2) is 6.10 Å². The fourth-order valence-electron chi connectivity index (χ4n) is 4.35. The van der Waals surface area contributed by atoms with Crippen LogP contribution in [0.1, 0.15) is 11.6 Å². The molecule has 3 aromatic carbocycles. The molecule has 0 aliphatic carbocycles.